The molecule has 3 aromatic rings. The highest BCUT2D eigenvalue weighted by atomic mass is 31.2. The van der Waals surface area contributed by atoms with Crippen LogP contribution in [0.4, 0.5) is 8.78 Å². The van der Waals surface area contributed by atoms with E-state index in [0.29, 0.717) is 16.5 Å². The minimum Gasteiger partial charge on any atom is -0.497 e. The predicted octanol–water partition coefficient (Wildman–Crippen LogP) is 2.64. The van der Waals surface area contributed by atoms with Gasteiger partial charge in [-0.15, -0.1) is 0 Å². The van der Waals surface area contributed by atoms with Gasteiger partial charge < -0.3 is 13.7 Å². The lowest BCUT2D eigenvalue weighted by molar-refractivity contribution is 0.117. The number of hydrogen-bond acceptors (Lipinski definition) is 8. The zero-order chi connectivity index (χ0) is 21.5. The van der Waals surface area contributed by atoms with Gasteiger partial charge in [-0.25, -0.2) is 18.3 Å². The average molecular weight is 442 g/mol. The molecule has 0 amide bonds. The second-order valence-electron chi connectivity index (χ2n) is 6.02. The highest BCUT2D eigenvalue weighted by Crippen LogP contribution is 2.55. The number of nitrogens with one attached hydrogen (secondary N) is 1. The molecule has 0 aliphatic carbocycles. The molecule has 30 heavy (non-hydrogen) atoms. The minimum absolute atomic E-state index is 0.0474. The molecule has 0 spiro atoms. The molecule has 10 nitrogen and oxygen atoms in total. The van der Waals surface area contributed by atoms with Crippen LogP contribution in [0.2, 0.25) is 0 Å². The summed E-state index contributed by atoms with van der Waals surface area (Å²) in [6.07, 6.45) is 0.633. The molecule has 13 heteroatoms. The molecule has 0 bridgehead atoms. The van der Waals surface area contributed by atoms with Crippen LogP contribution >= 0.6 is 7.82 Å². The number of rotatable bonds is 5. The van der Waals surface area contributed by atoms with Gasteiger partial charge in [-0.2, -0.15) is 4.39 Å². The Balaban J connectivity index is 1.55. The Morgan fingerprint density at radius 3 is 2.80 bits per heavy atom. The second kappa shape index (κ2) is 7.56. The quantitative estimate of drug-likeness (QED) is 0.599. The third kappa shape index (κ3) is 3.80. The van der Waals surface area contributed by atoms with Gasteiger partial charge in [0.25, 0.3) is 5.56 Å². The first kappa shape index (κ1) is 20.1. The van der Waals surface area contributed by atoms with Gasteiger partial charge in [0.15, 0.2) is 11.5 Å². The van der Waals surface area contributed by atoms with Gasteiger partial charge in [-0.05, 0) is 18.2 Å². The fourth-order valence-corrected chi connectivity index (χ4v) is 3.74. The highest BCUT2D eigenvalue weighted by Gasteiger charge is 2.37. The van der Waals surface area contributed by atoms with Gasteiger partial charge in [0, 0.05) is 11.6 Å². The predicted molar refractivity (Wildman–Crippen MR) is 95.6 cm³/mol. The number of benzene rings is 1. The van der Waals surface area contributed by atoms with Crippen molar-refractivity contribution >= 4 is 7.82 Å². The van der Waals surface area contributed by atoms with Gasteiger partial charge in [-0.1, -0.05) is 0 Å². The summed E-state index contributed by atoms with van der Waals surface area (Å²) in [7, 11) is -2.74. The molecular weight excluding hydrogens is 429 g/mol. The topological polar surface area (TPSA) is 122 Å². The van der Waals surface area contributed by atoms with Crippen molar-refractivity contribution in [3.8, 4) is 17.4 Å². The molecule has 1 aliphatic rings. The van der Waals surface area contributed by atoms with Crippen LogP contribution in [0.1, 0.15) is 11.3 Å². The number of phosphoric acid groups is 1. The standard InChI is InChI=1S/C17H13F2N2O8P/c1-25-10-2-3-11(18)9(4-10)7-26-30(24)27-8-14-13(29-30)5-15(28-14)21-6-12(19)16(22)20-17(21)23/h2-6H,7-8H2,1H3,(H,20,22,23). The molecule has 1 unspecified atom stereocenters. The van der Waals surface area contributed by atoms with Crippen molar-refractivity contribution in [2.45, 2.75) is 13.2 Å². The Bertz CT molecular complexity index is 1280. The number of methoxy groups -OCH3 is 1. The lowest BCUT2D eigenvalue weighted by Gasteiger charge is -2.21. The largest absolute Gasteiger partial charge is 0.530 e. The number of halogens is 2. The van der Waals surface area contributed by atoms with Crippen molar-refractivity contribution in [3.63, 3.8) is 0 Å². The molecule has 0 radical (unpaired) electrons. The van der Waals surface area contributed by atoms with Gasteiger partial charge in [0.2, 0.25) is 11.7 Å². The monoisotopic (exact) mass is 442 g/mol. The molecule has 4 rings (SSSR count). The second-order valence-corrected chi connectivity index (χ2v) is 7.61. The van der Waals surface area contributed by atoms with E-state index in [1.54, 1.807) is 4.98 Å². The van der Waals surface area contributed by atoms with Crippen molar-refractivity contribution in [2.24, 2.45) is 0 Å². The number of H-pyrrole nitrogens is 1. The smallest absolute Gasteiger partial charge is 0.497 e. The van der Waals surface area contributed by atoms with Crippen LogP contribution in [-0.2, 0) is 26.8 Å². The molecule has 0 saturated heterocycles. The molecule has 158 valence electrons. The van der Waals surface area contributed by atoms with E-state index in [-0.39, 0.29) is 29.6 Å². The molecule has 0 saturated carbocycles. The molecular formula is C17H13F2N2O8P. The van der Waals surface area contributed by atoms with Crippen LogP contribution in [0.5, 0.6) is 11.5 Å². The molecule has 1 aromatic carbocycles. The zero-order valence-electron chi connectivity index (χ0n) is 15.2. The van der Waals surface area contributed by atoms with Crippen LogP contribution in [-0.4, -0.2) is 16.7 Å². The first-order chi connectivity index (χ1) is 14.3. The number of fused-ring (bicyclic) bond motifs is 1. The summed E-state index contributed by atoms with van der Waals surface area (Å²) < 4.78 is 66.6. The minimum atomic E-state index is -4.15. The number of phosphoric ester groups is 1. The van der Waals surface area contributed by atoms with Crippen LogP contribution < -0.4 is 20.5 Å². The highest BCUT2D eigenvalue weighted by molar-refractivity contribution is 7.49. The molecule has 0 fully saturated rings. The number of aromatic amines is 1. The van der Waals surface area contributed by atoms with E-state index < -0.39 is 37.3 Å². The van der Waals surface area contributed by atoms with E-state index in [2.05, 4.69) is 0 Å². The summed E-state index contributed by atoms with van der Waals surface area (Å²) in [6.45, 7) is -0.793. The van der Waals surface area contributed by atoms with Crippen LogP contribution in [0, 0.1) is 11.6 Å². The third-order valence-electron chi connectivity index (χ3n) is 4.09. The fraction of sp³-hybridized carbons (Fsp3) is 0.176. The van der Waals surface area contributed by atoms with Crippen LogP contribution in [0.25, 0.3) is 5.88 Å². The SMILES string of the molecule is COc1ccc(F)c(COP2(=O)OCc3oc(-n4cc(F)c(=O)[nH]c4=O)cc3O2)c1. The van der Waals surface area contributed by atoms with E-state index >= 15 is 0 Å². The van der Waals surface area contributed by atoms with Crippen molar-refractivity contribution < 1.29 is 36.1 Å². The first-order valence-corrected chi connectivity index (χ1v) is 9.80. The summed E-state index contributed by atoms with van der Waals surface area (Å²) in [5.74, 6) is -1.69. The molecule has 1 N–H and O–H groups in total. The van der Waals surface area contributed by atoms with E-state index in [1.165, 1.54) is 19.2 Å². The summed E-state index contributed by atoms with van der Waals surface area (Å²) in [5.41, 5.74) is -2.08. The number of ether oxygens (including phenoxy) is 1. The van der Waals surface area contributed by atoms with Crippen molar-refractivity contribution in [3.05, 3.63) is 74.3 Å². The molecule has 2 aromatic heterocycles. The van der Waals surface area contributed by atoms with E-state index in [4.69, 9.17) is 22.7 Å². The summed E-state index contributed by atoms with van der Waals surface area (Å²) in [5, 5.41) is 0. The Labute approximate surface area is 166 Å². The fourth-order valence-electron chi connectivity index (χ4n) is 2.59. The Morgan fingerprint density at radius 2 is 2.03 bits per heavy atom. The molecule has 1 aliphatic heterocycles. The van der Waals surface area contributed by atoms with Gasteiger partial charge >= 0.3 is 13.5 Å². The summed E-state index contributed by atoms with van der Waals surface area (Å²) in [4.78, 5) is 24.8. The number of hydrogen-bond donors (Lipinski definition) is 1. The maximum absolute atomic E-state index is 13.9. The number of aromatic nitrogens is 2. The summed E-state index contributed by atoms with van der Waals surface area (Å²) >= 11 is 0. The van der Waals surface area contributed by atoms with Crippen molar-refractivity contribution in [1.29, 1.82) is 0 Å². The van der Waals surface area contributed by atoms with E-state index in [1.807, 2.05) is 0 Å². The normalized spacial score (nSPS) is 18.0. The lowest BCUT2D eigenvalue weighted by atomic mass is 10.2. The maximum Gasteiger partial charge on any atom is 0.530 e. The Kier molecular flexibility index (Phi) is 5.06. The van der Waals surface area contributed by atoms with Crippen molar-refractivity contribution in [2.75, 3.05) is 7.11 Å². The van der Waals surface area contributed by atoms with Crippen LogP contribution in [0.15, 0.2) is 44.5 Å². The number of nitrogens with zero attached hydrogens (tertiary/aromatic N) is 1. The Morgan fingerprint density at radius 1 is 1.23 bits per heavy atom. The summed E-state index contributed by atoms with van der Waals surface area (Å²) in [6, 6.07) is 5.09. The van der Waals surface area contributed by atoms with Crippen LogP contribution in [0.3, 0.4) is 0 Å². The van der Waals surface area contributed by atoms with Gasteiger partial charge in [-0.3, -0.25) is 18.8 Å². The molecule has 3 heterocycles. The maximum atomic E-state index is 13.9. The van der Waals surface area contributed by atoms with Gasteiger partial charge in [0.05, 0.1) is 19.9 Å². The van der Waals surface area contributed by atoms with Crippen molar-refractivity contribution in [1.82, 2.24) is 9.55 Å². The Hall–Kier alpha value is -3.21. The zero-order valence-corrected chi connectivity index (χ0v) is 16.1. The first-order valence-electron chi connectivity index (χ1n) is 8.34. The van der Waals surface area contributed by atoms with Gasteiger partial charge in [0.1, 0.15) is 18.2 Å². The van der Waals surface area contributed by atoms with E-state index in [9.17, 15) is 22.9 Å². The molecule has 1 atom stereocenters. The average Bonchev–Trinajstić information content (AvgIpc) is 3.12. The van der Waals surface area contributed by atoms with E-state index in [0.717, 1.165) is 12.1 Å². The number of furan rings is 1. The third-order valence-corrected chi connectivity index (χ3v) is 5.40. The lowest BCUT2D eigenvalue weighted by Crippen LogP contribution is -2.30.